The van der Waals surface area contributed by atoms with Crippen molar-refractivity contribution in [2.24, 2.45) is 5.73 Å². The molecular weight excluding hydrogens is 263 g/mol. The van der Waals surface area contributed by atoms with E-state index < -0.39 is 0 Å². The van der Waals surface area contributed by atoms with Crippen molar-refractivity contribution in [2.45, 2.75) is 25.8 Å². The maximum absolute atomic E-state index is 11.5. The summed E-state index contributed by atoms with van der Waals surface area (Å²) in [5.41, 5.74) is 6.00. The van der Waals surface area contributed by atoms with Crippen LogP contribution in [0.25, 0.3) is 0 Å². The van der Waals surface area contributed by atoms with Gasteiger partial charge >= 0.3 is 0 Å². The second-order valence-electron chi connectivity index (χ2n) is 3.85. The number of phenols is 1. The fourth-order valence-corrected chi connectivity index (χ4v) is 1.71. The number of halogens is 2. The highest BCUT2D eigenvalue weighted by Crippen LogP contribution is 2.34. The van der Waals surface area contributed by atoms with Crippen LogP contribution < -0.4 is 11.1 Å². The summed E-state index contributed by atoms with van der Waals surface area (Å²) >= 11 is 11.4. The number of carbonyl (C=O) groups is 1. The largest absolute Gasteiger partial charge is 0.505 e. The summed E-state index contributed by atoms with van der Waals surface area (Å²) < 4.78 is 0. The van der Waals surface area contributed by atoms with Crippen LogP contribution in [0.4, 0.5) is 5.69 Å². The quantitative estimate of drug-likeness (QED) is 0.741. The average molecular weight is 277 g/mol. The fraction of sp³-hybridized carbons (Fsp3) is 0.364. The topological polar surface area (TPSA) is 75.4 Å². The van der Waals surface area contributed by atoms with Crippen molar-refractivity contribution < 1.29 is 9.90 Å². The minimum absolute atomic E-state index is 0.0206. The second kappa shape index (κ2) is 6.10. The number of rotatable bonds is 4. The molecule has 0 spiro atoms. The molecule has 1 amide bonds. The van der Waals surface area contributed by atoms with E-state index in [1.165, 1.54) is 12.1 Å². The predicted molar refractivity (Wildman–Crippen MR) is 69.6 cm³/mol. The van der Waals surface area contributed by atoms with Crippen LogP contribution in [-0.2, 0) is 4.79 Å². The Hall–Kier alpha value is -0.970. The molecule has 6 heteroatoms. The van der Waals surface area contributed by atoms with Gasteiger partial charge in [0.2, 0.25) is 5.91 Å². The lowest BCUT2D eigenvalue weighted by Crippen LogP contribution is -2.19. The molecule has 0 fully saturated rings. The SMILES string of the molecule is CC(N)CCC(=O)Nc1cc(Cl)c(O)c(Cl)c1. The van der Waals surface area contributed by atoms with E-state index in [1.807, 2.05) is 6.92 Å². The molecule has 0 saturated heterocycles. The first-order valence-electron chi connectivity index (χ1n) is 5.13. The van der Waals surface area contributed by atoms with Gasteiger partial charge in [-0.05, 0) is 25.5 Å². The van der Waals surface area contributed by atoms with Gasteiger partial charge in [-0.25, -0.2) is 0 Å². The third-order valence-electron chi connectivity index (χ3n) is 2.13. The highest BCUT2D eigenvalue weighted by molar-refractivity contribution is 6.37. The molecule has 1 atom stereocenters. The van der Waals surface area contributed by atoms with Crippen LogP contribution in [0.3, 0.4) is 0 Å². The molecule has 0 aliphatic heterocycles. The van der Waals surface area contributed by atoms with E-state index in [4.69, 9.17) is 28.9 Å². The van der Waals surface area contributed by atoms with Crippen molar-refractivity contribution in [3.8, 4) is 5.75 Å². The minimum atomic E-state index is -0.193. The maximum Gasteiger partial charge on any atom is 0.224 e. The molecule has 0 aromatic heterocycles. The molecule has 1 aromatic carbocycles. The van der Waals surface area contributed by atoms with Crippen LogP contribution in [-0.4, -0.2) is 17.1 Å². The molecule has 17 heavy (non-hydrogen) atoms. The van der Waals surface area contributed by atoms with E-state index in [-0.39, 0.29) is 27.7 Å². The number of nitrogens with two attached hydrogens (primary N) is 1. The first kappa shape index (κ1) is 14.1. The summed E-state index contributed by atoms with van der Waals surface area (Å²) in [5, 5.41) is 12.2. The van der Waals surface area contributed by atoms with Gasteiger partial charge in [-0.2, -0.15) is 0 Å². The van der Waals surface area contributed by atoms with E-state index in [2.05, 4.69) is 5.32 Å². The smallest absolute Gasteiger partial charge is 0.224 e. The first-order chi connectivity index (χ1) is 7.90. The van der Waals surface area contributed by atoms with Crippen LogP contribution >= 0.6 is 23.2 Å². The van der Waals surface area contributed by atoms with E-state index >= 15 is 0 Å². The van der Waals surface area contributed by atoms with E-state index in [0.29, 0.717) is 18.5 Å². The van der Waals surface area contributed by atoms with Crippen molar-refractivity contribution in [1.82, 2.24) is 0 Å². The number of phenolic OH excluding ortho intramolecular Hbond substituents is 1. The lowest BCUT2D eigenvalue weighted by atomic mass is 10.2. The molecular formula is C11H14Cl2N2O2. The zero-order valence-electron chi connectivity index (χ0n) is 9.34. The Balaban J connectivity index is 2.66. The highest BCUT2D eigenvalue weighted by atomic mass is 35.5. The summed E-state index contributed by atoms with van der Waals surface area (Å²) in [6.07, 6.45) is 0.930. The molecule has 0 saturated carbocycles. The number of carbonyl (C=O) groups excluding carboxylic acids is 1. The average Bonchev–Trinajstić information content (AvgIpc) is 2.23. The molecule has 0 bridgehead atoms. The number of aromatic hydroxyl groups is 1. The minimum Gasteiger partial charge on any atom is -0.505 e. The van der Waals surface area contributed by atoms with E-state index in [1.54, 1.807) is 0 Å². The zero-order valence-corrected chi connectivity index (χ0v) is 10.8. The Labute approximate surface area is 110 Å². The monoisotopic (exact) mass is 276 g/mol. The molecule has 1 unspecified atom stereocenters. The summed E-state index contributed by atoms with van der Waals surface area (Å²) in [4.78, 5) is 11.5. The standard InChI is InChI=1S/C11H14Cl2N2O2/c1-6(14)2-3-10(16)15-7-4-8(12)11(17)9(13)5-7/h4-6,17H,2-3,14H2,1H3,(H,15,16). The molecule has 94 valence electrons. The Morgan fingerprint density at radius 3 is 2.47 bits per heavy atom. The molecule has 4 nitrogen and oxygen atoms in total. The Morgan fingerprint density at radius 2 is 2.00 bits per heavy atom. The van der Waals surface area contributed by atoms with Crippen LogP contribution in [0.1, 0.15) is 19.8 Å². The molecule has 0 aliphatic rings. The fourth-order valence-electron chi connectivity index (χ4n) is 1.22. The van der Waals surface area contributed by atoms with Crippen LogP contribution in [0.5, 0.6) is 5.75 Å². The van der Waals surface area contributed by atoms with Crippen LogP contribution in [0.2, 0.25) is 10.0 Å². The van der Waals surface area contributed by atoms with Gasteiger partial charge in [0.05, 0.1) is 10.0 Å². The van der Waals surface area contributed by atoms with E-state index in [0.717, 1.165) is 0 Å². The molecule has 1 rings (SSSR count). The van der Waals surface area contributed by atoms with Gasteiger partial charge in [0, 0.05) is 18.2 Å². The van der Waals surface area contributed by atoms with Gasteiger partial charge in [0.1, 0.15) is 0 Å². The molecule has 4 N–H and O–H groups in total. The number of hydrogen-bond donors (Lipinski definition) is 3. The van der Waals surface area contributed by atoms with Gasteiger partial charge in [-0.15, -0.1) is 0 Å². The zero-order chi connectivity index (χ0) is 13.0. The van der Waals surface area contributed by atoms with E-state index in [9.17, 15) is 9.90 Å². The summed E-state index contributed by atoms with van der Waals surface area (Å²) in [6, 6.07) is 2.85. The maximum atomic E-state index is 11.5. The molecule has 0 aliphatic carbocycles. The Bertz CT molecular complexity index is 399. The van der Waals surface area contributed by atoms with Gasteiger partial charge in [-0.3, -0.25) is 4.79 Å². The van der Waals surface area contributed by atoms with Crippen molar-refractivity contribution in [2.75, 3.05) is 5.32 Å². The number of benzene rings is 1. The normalized spacial score (nSPS) is 12.2. The lowest BCUT2D eigenvalue weighted by molar-refractivity contribution is -0.116. The van der Waals surface area contributed by atoms with Gasteiger partial charge in [-0.1, -0.05) is 23.2 Å². The third-order valence-corrected chi connectivity index (χ3v) is 2.70. The number of hydrogen-bond acceptors (Lipinski definition) is 3. The Kier molecular flexibility index (Phi) is 5.05. The third kappa shape index (κ3) is 4.42. The van der Waals surface area contributed by atoms with Crippen molar-refractivity contribution in [1.29, 1.82) is 0 Å². The number of anilines is 1. The Morgan fingerprint density at radius 1 is 1.47 bits per heavy atom. The first-order valence-corrected chi connectivity index (χ1v) is 5.89. The molecule has 0 radical (unpaired) electrons. The van der Waals surface area contributed by atoms with Crippen molar-refractivity contribution >= 4 is 34.8 Å². The highest BCUT2D eigenvalue weighted by Gasteiger charge is 2.09. The summed E-state index contributed by atoms with van der Waals surface area (Å²) in [6.45, 7) is 1.83. The molecule has 0 heterocycles. The van der Waals surface area contributed by atoms with Crippen molar-refractivity contribution in [3.63, 3.8) is 0 Å². The van der Waals surface area contributed by atoms with Crippen LogP contribution in [0.15, 0.2) is 12.1 Å². The van der Waals surface area contributed by atoms with Gasteiger partial charge in [0.15, 0.2) is 5.75 Å². The van der Waals surface area contributed by atoms with Gasteiger partial charge < -0.3 is 16.2 Å². The molecule has 1 aromatic rings. The second-order valence-corrected chi connectivity index (χ2v) is 4.67. The predicted octanol–water partition coefficient (Wildman–Crippen LogP) is 2.76. The lowest BCUT2D eigenvalue weighted by Gasteiger charge is -2.08. The number of nitrogens with one attached hydrogen (secondary N) is 1. The van der Waals surface area contributed by atoms with Crippen LogP contribution in [0, 0.1) is 0 Å². The van der Waals surface area contributed by atoms with Gasteiger partial charge in [0.25, 0.3) is 0 Å². The van der Waals surface area contributed by atoms with Crippen molar-refractivity contribution in [3.05, 3.63) is 22.2 Å². The summed E-state index contributed by atoms with van der Waals surface area (Å²) in [5.74, 6) is -0.359. The number of amides is 1. The summed E-state index contributed by atoms with van der Waals surface area (Å²) in [7, 11) is 0.